The Morgan fingerprint density at radius 1 is 1.29 bits per heavy atom. The van der Waals surface area contributed by atoms with Crippen LogP contribution in [0.2, 0.25) is 0 Å². The van der Waals surface area contributed by atoms with Gasteiger partial charge < -0.3 is 15.4 Å². The maximum absolute atomic E-state index is 13.0. The summed E-state index contributed by atoms with van der Waals surface area (Å²) in [6.07, 6.45) is 8.81. The summed E-state index contributed by atoms with van der Waals surface area (Å²) in [6, 6.07) is 2.10. The van der Waals surface area contributed by atoms with Gasteiger partial charge in [-0.05, 0) is 63.0 Å². The molecule has 1 aromatic rings. The van der Waals surface area contributed by atoms with Crippen LogP contribution >= 0.6 is 11.3 Å². The molecule has 0 aliphatic heterocycles. The monoisotopic (exact) mass is 406 g/mol. The van der Waals surface area contributed by atoms with E-state index in [4.69, 9.17) is 10.5 Å². The summed E-state index contributed by atoms with van der Waals surface area (Å²) < 4.78 is 5.03. The maximum atomic E-state index is 13.0. The Bertz CT molecular complexity index is 707. The minimum Gasteiger partial charge on any atom is -0.465 e. The van der Waals surface area contributed by atoms with Gasteiger partial charge in [0.15, 0.2) is 0 Å². The lowest BCUT2D eigenvalue weighted by Gasteiger charge is -2.24. The number of ether oxygens (including phenoxy) is 1. The fourth-order valence-corrected chi connectivity index (χ4v) is 4.60. The summed E-state index contributed by atoms with van der Waals surface area (Å²) in [4.78, 5) is 28.8. The fraction of sp³-hybridized carbons (Fsp3) is 0.636. The number of amides is 1. The predicted molar refractivity (Wildman–Crippen MR) is 117 cm³/mol. The van der Waals surface area contributed by atoms with Crippen molar-refractivity contribution < 1.29 is 14.3 Å². The lowest BCUT2D eigenvalue weighted by Crippen LogP contribution is -2.34. The molecule has 1 unspecified atom stereocenters. The first-order valence-electron chi connectivity index (χ1n) is 10.3. The van der Waals surface area contributed by atoms with Gasteiger partial charge in [0.25, 0.3) is 0 Å². The van der Waals surface area contributed by atoms with Crippen LogP contribution in [0.5, 0.6) is 0 Å². The first kappa shape index (κ1) is 22.6. The van der Waals surface area contributed by atoms with E-state index in [0.717, 1.165) is 37.0 Å². The molecule has 5 nitrogen and oxygen atoms in total. The third kappa shape index (κ3) is 6.17. The first-order valence-corrected chi connectivity index (χ1v) is 11.1. The Morgan fingerprint density at radius 3 is 2.61 bits per heavy atom. The molecule has 0 saturated heterocycles. The van der Waals surface area contributed by atoms with Crippen molar-refractivity contribution in [3.63, 3.8) is 0 Å². The zero-order valence-corrected chi connectivity index (χ0v) is 18.4. The zero-order chi connectivity index (χ0) is 20.7. The number of rotatable bonds is 9. The number of allylic oxidation sites excluding steroid dienone is 2. The predicted octanol–water partition coefficient (Wildman–Crippen LogP) is 5.00. The molecule has 0 spiro atoms. The molecule has 1 aromatic heterocycles. The molecular weight excluding hydrogens is 372 g/mol. The number of carbonyl (C=O) groups is 2. The van der Waals surface area contributed by atoms with Crippen molar-refractivity contribution in [2.45, 2.75) is 71.8 Å². The van der Waals surface area contributed by atoms with Crippen LogP contribution in [0.15, 0.2) is 12.1 Å². The molecule has 6 heteroatoms. The van der Waals surface area contributed by atoms with E-state index in [1.54, 1.807) is 4.90 Å². The lowest BCUT2D eigenvalue weighted by atomic mass is 9.98. The quantitative estimate of drug-likeness (QED) is 0.586. The average molecular weight is 407 g/mol. The van der Waals surface area contributed by atoms with Gasteiger partial charge in [-0.15, -0.1) is 11.3 Å². The van der Waals surface area contributed by atoms with Gasteiger partial charge in [-0.25, -0.2) is 4.79 Å². The molecule has 156 valence electrons. The highest BCUT2D eigenvalue weighted by molar-refractivity contribution is 7.15. The minimum absolute atomic E-state index is 0.0480. The topological polar surface area (TPSA) is 72.6 Å². The Balaban J connectivity index is 2.39. The lowest BCUT2D eigenvalue weighted by molar-refractivity contribution is -0.119. The highest BCUT2D eigenvalue weighted by atomic mass is 32.1. The normalized spacial score (nSPS) is 15.3. The van der Waals surface area contributed by atoms with E-state index in [9.17, 15) is 9.59 Å². The summed E-state index contributed by atoms with van der Waals surface area (Å²) in [6.45, 7) is 6.60. The summed E-state index contributed by atoms with van der Waals surface area (Å²) in [5, 5.41) is 0. The third-order valence-corrected chi connectivity index (χ3v) is 6.09. The first-order chi connectivity index (χ1) is 13.3. The number of anilines is 1. The van der Waals surface area contributed by atoms with Crippen LogP contribution in [-0.4, -0.2) is 31.6 Å². The van der Waals surface area contributed by atoms with Crippen molar-refractivity contribution in [2.24, 2.45) is 11.7 Å². The van der Waals surface area contributed by atoms with Crippen molar-refractivity contribution in [3.8, 4) is 0 Å². The second kappa shape index (κ2) is 10.8. The number of carbonyl (C=O) groups excluding carboxylic acids is 2. The molecule has 1 aliphatic carbocycles. The molecular formula is C22H34N2O3S. The highest BCUT2D eigenvalue weighted by Gasteiger charge is 2.27. The Hall–Kier alpha value is -1.66. The minimum atomic E-state index is -0.378. The molecule has 1 aliphatic rings. The maximum Gasteiger partial charge on any atom is 0.350 e. The van der Waals surface area contributed by atoms with E-state index < -0.39 is 0 Å². The molecule has 28 heavy (non-hydrogen) atoms. The smallest absolute Gasteiger partial charge is 0.350 e. The average Bonchev–Trinajstić information content (AvgIpc) is 3.09. The molecule has 0 saturated carbocycles. The Kier molecular flexibility index (Phi) is 8.70. The van der Waals surface area contributed by atoms with Gasteiger partial charge in [0.1, 0.15) is 4.88 Å². The van der Waals surface area contributed by atoms with Gasteiger partial charge >= 0.3 is 5.97 Å². The van der Waals surface area contributed by atoms with Crippen LogP contribution in [0.3, 0.4) is 0 Å². The van der Waals surface area contributed by atoms with Gasteiger partial charge in [0, 0.05) is 23.9 Å². The molecule has 2 rings (SSSR count). The van der Waals surface area contributed by atoms with Crippen LogP contribution in [0.1, 0.15) is 80.3 Å². The highest BCUT2D eigenvalue weighted by Crippen LogP contribution is 2.38. The number of methoxy groups -OCH3 is 1. The second-order valence-electron chi connectivity index (χ2n) is 8.05. The van der Waals surface area contributed by atoms with Crippen LogP contribution in [0.4, 0.5) is 5.69 Å². The number of nitrogens with zero attached hydrogens (tertiary/aromatic N) is 1. The second-order valence-corrected chi connectivity index (χ2v) is 9.11. The van der Waals surface area contributed by atoms with Crippen LogP contribution < -0.4 is 10.6 Å². The molecule has 1 atom stereocenters. The van der Waals surface area contributed by atoms with Crippen molar-refractivity contribution in [2.75, 3.05) is 18.6 Å². The summed E-state index contributed by atoms with van der Waals surface area (Å²) in [5.74, 6) is -0.0758. The molecule has 0 aromatic carbocycles. The number of thiophene rings is 1. The SMILES string of the molecule is COC(=O)c1sc(C2=CCCCC2)cc1N(CCCC(C)N)C(=O)CC(C)C. The summed E-state index contributed by atoms with van der Waals surface area (Å²) in [7, 11) is 1.39. The van der Waals surface area contributed by atoms with Gasteiger partial charge in [-0.3, -0.25) is 4.79 Å². The molecule has 0 fully saturated rings. The van der Waals surface area contributed by atoms with Gasteiger partial charge in [-0.1, -0.05) is 19.9 Å². The molecule has 0 radical (unpaired) electrons. The number of hydrogen-bond acceptors (Lipinski definition) is 5. The molecule has 1 heterocycles. The molecule has 0 bridgehead atoms. The number of hydrogen-bond donors (Lipinski definition) is 1. The number of esters is 1. The van der Waals surface area contributed by atoms with E-state index in [-0.39, 0.29) is 23.8 Å². The summed E-state index contributed by atoms with van der Waals surface area (Å²) >= 11 is 1.44. The van der Waals surface area contributed by atoms with Gasteiger partial charge in [-0.2, -0.15) is 0 Å². The molecule has 1 amide bonds. The van der Waals surface area contributed by atoms with E-state index in [1.165, 1.54) is 30.4 Å². The van der Waals surface area contributed by atoms with Crippen LogP contribution in [0, 0.1) is 5.92 Å². The number of nitrogens with two attached hydrogens (primary N) is 1. The fourth-order valence-electron chi connectivity index (χ4n) is 3.45. The van der Waals surface area contributed by atoms with E-state index in [1.807, 2.05) is 26.8 Å². The van der Waals surface area contributed by atoms with Crippen molar-refractivity contribution >= 4 is 34.5 Å². The van der Waals surface area contributed by atoms with Crippen molar-refractivity contribution in [3.05, 3.63) is 21.9 Å². The zero-order valence-electron chi connectivity index (χ0n) is 17.6. The Labute approximate surface area is 172 Å². The van der Waals surface area contributed by atoms with Crippen LogP contribution in [-0.2, 0) is 9.53 Å². The van der Waals surface area contributed by atoms with E-state index in [2.05, 4.69) is 6.08 Å². The van der Waals surface area contributed by atoms with Crippen molar-refractivity contribution in [1.82, 2.24) is 0 Å². The Morgan fingerprint density at radius 2 is 2.04 bits per heavy atom. The van der Waals surface area contributed by atoms with E-state index >= 15 is 0 Å². The standard InChI is InChI=1S/C22H34N2O3S/c1-15(2)13-20(25)24(12-8-9-16(3)23)18-14-19(17-10-6-5-7-11-17)28-21(18)22(26)27-4/h10,14-16H,5-9,11-13,23H2,1-4H3. The van der Waals surface area contributed by atoms with Gasteiger partial charge in [0.05, 0.1) is 12.8 Å². The van der Waals surface area contributed by atoms with E-state index in [0.29, 0.717) is 23.5 Å². The third-order valence-electron chi connectivity index (χ3n) is 4.91. The van der Waals surface area contributed by atoms with Gasteiger partial charge in [0.2, 0.25) is 5.91 Å². The largest absolute Gasteiger partial charge is 0.465 e. The molecule has 2 N–H and O–H groups in total. The summed E-state index contributed by atoms with van der Waals surface area (Å²) in [5.41, 5.74) is 7.86. The van der Waals surface area contributed by atoms with Crippen LogP contribution in [0.25, 0.3) is 5.57 Å². The van der Waals surface area contributed by atoms with Crippen molar-refractivity contribution in [1.29, 1.82) is 0 Å².